The van der Waals surface area contributed by atoms with Gasteiger partial charge in [0.1, 0.15) is 0 Å². The molecule has 0 saturated carbocycles. The lowest BCUT2D eigenvalue weighted by molar-refractivity contribution is 1.14. The van der Waals surface area contributed by atoms with Gasteiger partial charge in [0.25, 0.3) is 0 Å². The fraction of sp³-hybridized carbons (Fsp3) is 0.200. The maximum absolute atomic E-state index is 6.25. The maximum Gasteiger partial charge on any atom is 0.0444 e. The van der Waals surface area contributed by atoms with Gasteiger partial charge in [-0.3, -0.25) is 0 Å². The van der Waals surface area contributed by atoms with Crippen molar-refractivity contribution < 1.29 is 0 Å². The highest BCUT2D eigenvalue weighted by Gasteiger charge is 2.06. The van der Waals surface area contributed by atoms with Gasteiger partial charge in [0.05, 0.1) is 0 Å². The molecular weight excluding hydrogens is 216 g/mol. The zero-order chi connectivity index (χ0) is 11.5. The molecule has 0 aliphatic rings. The predicted octanol–water partition coefficient (Wildman–Crippen LogP) is 4.55. The summed E-state index contributed by atoms with van der Waals surface area (Å²) < 4.78 is 0. The highest BCUT2D eigenvalue weighted by molar-refractivity contribution is 6.31. The Bertz CT molecular complexity index is 486. The van der Waals surface area contributed by atoms with Crippen LogP contribution in [0.5, 0.6) is 0 Å². The van der Waals surface area contributed by atoms with E-state index in [4.69, 9.17) is 11.6 Å². The molecule has 2 aromatic rings. The first kappa shape index (κ1) is 11.2. The standard InChI is InChI=1S/C15H15Cl/c1-11-8-9-15(16)14(12(11)2)10-13-6-4-3-5-7-13/h3-9H,10H2,1-2H3. The van der Waals surface area contributed by atoms with Crippen molar-refractivity contribution in [3.63, 3.8) is 0 Å². The van der Waals surface area contributed by atoms with E-state index in [0.29, 0.717) is 0 Å². The van der Waals surface area contributed by atoms with Gasteiger partial charge in [0.2, 0.25) is 0 Å². The van der Waals surface area contributed by atoms with E-state index in [1.54, 1.807) is 0 Å². The van der Waals surface area contributed by atoms with Gasteiger partial charge in [-0.15, -0.1) is 0 Å². The summed E-state index contributed by atoms with van der Waals surface area (Å²) >= 11 is 6.25. The Hall–Kier alpha value is -1.27. The van der Waals surface area contributed by atoms with Crippen LogP contribution in [0.1, 0.15) is 22.3 Å². The first-order valence-electron chi connectivity index (χ1n) is 5.47. The Morgan fingerprint density at radius 3 is 2.31 bits per heavy atom. The molecule has 0 saturated heterocycles. The van der Waals surface area contributed by atoms with Gasteiger partial charge >= 0.3 is 0 Å². The molecule has 0 amide bonds. The van der Waals surface area contributed by atoms with Gasteiger partial charge in [-0.25, -0.2) is 0 Å². The Morgan fingerprint density at radius 2 is 1.62 bits per heavy atom. The van der Waals surface area contributed by atoms with E-state index in [-0.39, 0.29) is 0 Å². The lowest BCUT2D eigenvalue weighted by atomic mass is 9.97. The molecule has 0 atom stereocenters. The average Bonchev–Trinajstić information content (AvgIpc) is 2.31. The third kappa shape index (κ3) is 2.28. The molecule has 0 bridgehead atoms. The summed E-state index contributed by atoms with van der Waals surface area (Å²) in [4.78, 5) is 0. The van der Waals surface area contributed by atoms with Crippen molar-refractivity contribution in [2.24, 2.45) is 0 Å². The summed E-state index contributed by atoms with van der Waals surface area (Å²) in [6, 6.07) is 14.5. The zero-order valence-corrected chi connectivity index (χ0v) is 10.4. The Kier molecular flexibility index (Phi) is 3.31. The van der Waals surface area contributed by atoms with E-state index in [1.165, 1.54) is 22.3 Å². The summed E-state index contributed by atoms with van der Waals surface area (Å²) in [5.74, 6) is 0. The van der Waals surface area contributed by atoms with Crippen LogP contribution in [0.2, 0.25) is 5.02 Å². The summed E-state index contributed by atoms with van der Waals surface area (Å²) in [7, 11) is 0. The number of halogens is 1. The number of rotatable bonds is 2. The average molecular weight is 231 g/mol. The van der Waals surface area contributed by atoms with Gasteiger partial charge < -0.3 is 0 Å². The highest BCUT2D eigenvalue weighted by atomic mass is 35.5. The quantitative estimate of drug-likeness (QED) is 0.710. The van der Waals surface area contributed by atoms with Gasteiger partial charge in [-0.05, 0) is 48.6 Å². The van der Waals surface area contributed by atoms with Crippen LogP contribution in [0.4, 0.5) is 0 Å². The van der Waals surface area contributed by atoms with Crippen LogP contribution in [0.25, 0.3) is 0 Å². The molecule has 0 aliphatic heterocycles. The minimum absolute atomic E-state index is 0.868. The van der Waals surface area contributed by atoms with E-state index < -0.39 is 0 Å². The largest absolute Gasteiger partial charge is 0.0840 e. The molecule has 0 spiro atoms. The minimum Gasteiger partial charge on any atom is -0.0840 e. The topological polar surface area (TPSA) is 0 Å². The van der Waals surface area contributed by atoms with Crippen molar-refractivity contribution in [1.29, 1.82) is 0 Å². The van der Waals surface area contributed by atoms with Crippen molar-refractivity contribution >= 4 is 11.6 Å². The van der Waals surface area contributed by atoms with E-state index in [9.17, 15) is 0 Å². The van der Waals surface area contributed by atoms with Crippen LogP contribution >= 0.6 is 11.6 Å². The molecule has 82 valence electrons. The smallest absolute Gasteiger partial charge is 0.0444 e. The zero-order valence-electron chi connectivity index (χ0n) is 9.63. The van der Waals surface area contributed by atoms with E-state index in [2.05, 4.69) is 44.2 Å². The van der Waals surface area contributed by atoms with Crippen LogP contribution in [0, 0.1) is 13.8 Å². The molecule has 0 aliphatic carbocycles. The molecule has 0 aromatic heterocycles. The van der Waals surface area contributed by atoms with Crippen molar-refractivity contribution in [2.45, 2.75) is 20.3 Å². The van der Waals surface area contributed by atoms with Gasteiger partial charge in [-0.2, -0.15) is 0 Å². The molecule has 1 heteroatoms. The van der Waals surface area contributed by atoms with Crippen LogP contribution in [0.15, 0.2) is 42.5 Å². The SMILES string of the molecule is Cc1ccc(Cl)c(Cc2ccccc2)c1C. The molecule has 2 aromatic carbocycles. The number of hydrogen-bond donors (Lipinski definition) is 0. The molecular formula is C15H15Cl. The molecule has 0 nitrogen and oxygen atoms in total. The van der Waals surface area contributed by atoms with Gasteiger partial charge in [-0.1, -0.05) is 48.0 Å². The molecule has 0 fully saturated rings. The van der Waals surface area contributed by atoms with Crippen LogP contribution in [0.3, 0.4) is 0 Å². The Balaban J connectivity index is 2.38. The Labute approximate surface area is 102 Å². The molecule has 0 heterocycles. The lowest BCUT2D eigenvalue weighted by Gasteiger charge is -2.11. The van der Waals surface area contributed by atoms with Crippen LogP contribution < -0.4 is 0 Å². The van der Waals surface area contributed by atoms with Crippen LogP contribution in [-0.4, -0.2) is 0 Å². The van der Waals surface area contributed by atoms with E-state index in [1.807, 2.05) is 12.1 Å². The van der Waals surface area contributed by atoms with Crippen molar-refractivity contribution in [1.82, 2.24) is 0 Å². The molecule has 16 heavy (non-hydrogen) atoms. The second-order valence-electron chi connectivity index (χ2n) is 4.13. The fourth-order valence-electron chi connectivity index (χ4n) is 1.86. The number of hydrogen-bond acceptors (Lipinski definition) is 0. The summed E-state index contributed by atoms with van der Waals surface area (Å²) in [5, 5.41) is 0.868. The summed E-state index contributed by atoms with van der Waals surface area (Å²) in [6.07, 6.45) is 0.910. The Morgan fingerprint density at radius 1 is 0.938 bits per heavy atom. The minimum atomic E-state index is 0.868. The monoisotopic (exact) mass is 230 g/mol. The number of benzene rings is 2. The molecule has 0 unspecified atom stereocenters. The highest BCUT2D eigenvalue weighted by Crippen LogP contribution is 2.25. The second-order valence-corrected chi connectivity index (χ2v) is 4.54. The predicted molar refractivity (Wildman–Crippen MR) is 70.2 cm³/mol. The van der Waals surface area contributed by atoms with E-state index >= 15 is 0 Å². The third-order valence-corrected chi connectivity index (χ3v) is 3.39. The maximum atomic E-state index is 6.25. The summed E-state index contributed by atoms with van der Waals surface area (Å²) in [6.45, 7) is 4.26. The van der Waals surface area contributed by atoms with Crippen molar-refractivity contribution in [3.05, 3.63) is 69.7 Å². The first-order valence-corrected chi connectivity index (χ1v) is 5.85. The van der Waals surface area contributed by atoms with Gasteiger partial charge in [0, 0.05) is 5.02 Å². The molecule has 0 radical (unpaired) electrons. The molecule has 0 N–H and O–H groups in total. The fourth-order valence-corrected chi connectivity index (χ4v) is 2.13. The molecule has 2 rings (SSSR count). The van der Waals surface area contributed by atoms with E-state index in [0.717, 1.165) is 11.4 Å². The van der Waals surface area contributed by atoms with Crippen molar-refractivity contribution in [3.8, 4) is 0 Å². The van der Waals surface area contributed by atoms with Crippen molar-refractivity contribution in [2.75, 3.05) is 0 Å². The van der Waals surface area contributed by atoms with Crippen LogP contribution in [-0.2, 0) is 6.42 Å². The summed E-state index contributed by atoms with van der Waals surface area (Å²) in [5.41, 5.74) is 5.15. The van der Waals surface area contributed by atoms with Gasteiger partial charge in [0.15, 0.2) is 0 Å². The lowest BCUT2D eigenvalue weighted by Crippen LogP contribution is -1.95. The second kappa shape index (κ2) is 4.71. The normalized spacial score (nSPS) is 10.4. The first-order chi connectivity index (χ1) is 7.68. The number of aryl methyl sites for hydroxylation is 1. The third-order valence-electron chi connectivity index (χ3n) is 3.04.